The van der Waals surface area contributed by atoms with Gasteiger partial charge in [0.05, 0.1) is 31.8 Å². The van der Waals surface area contributed by atoms with Crippen LogP contribution in [0.1, 0.15) is 42.5 Å². The maximum Gasteiger partial charge on any atom is 0.259 e. The van der Waals surface area contributed by atoms with Crippen LogP contribution < -0.4 is 15.2 Å². The molecule has 6 heteroatoms. The lowest BCUT2D eigenvalue weighted by atomic mass is 10.1. The van der Waals surface area contributed by atoms with E-state index in [2.05, 4.69) is 21.9 Å². The van der Waals surface area contributed by atoms with E-state index in [1.165, 1.54) is 25.7 Å². The largest absolute Gasteiger partial charge is 0.495 e. The van der Waals surface area contributed by atoms with Crippen molar-refractivity contribution in [3.05, 3.63) is 81.8 Å². The lowest BCUT2D eigenvalue weighted by molar-refractivity contribution is 0.138. The van der Waals surface area contributed by atoms with Gasteiger partial charge in [-0.3, -0.25) is 19.2 Å². The molecule has 1 aliphatic carbocycles. The third kappa shape index (κ3) is 3.79. The fourth-order valence-electron chi connectivity index (χ4n) is 5.03. The van der Waals surface area contributed by atoms with Crippen LogP contribution >= 0.6 is 0 Å². The third-order valence-electron chi connectivity index (χ3n) is 6.78. The molecule has 1 aliphatic heterocycles. The quantitative estimate of drug-likeness (QED) is 0.598. The zero-order valence-corrected chi connectivity index (χ0v) is 18.8. The van der Waals surface area contributed by atoms with E-state index in [1.54, 1.807) is 7.11 Å². The van der Waals surface area contributed by atoms with Crippen LogP contribution in [0.3, 0.4) is 0 Å². The summed E-state index contributed by atoms with van der Waals surface area (Å²) in [5.41, 5.74) is 3.68. The van der Waals surface area contributed by atoms with E-state index in [1.807, 2.05) is 54.0 Å². The van der Waals surface area contributed by atoms with E-state index in [0.717, 1.165) is 28.3 Å². The normalized spacial score (nSPS) is 16.9. The number of benzene rings is 2. The minimum atomic E-state index is 0.0546. The minimum Gasteiger partial charge on any atom is -0.495 e. The average molecular weight is 431 g/mol. The molecule has 5 rings (SSSR count). The average Bonchev–Trinajstić information content (AvgIpc) is 3.37. The van der Waals surface area contributed by atoms with Crippen molar-refractivity contribution in [1.29, 1.82) is 0 Å². The van der Waals surface area contributed by atoms with Crippen LogP contribution in [-0.2, 0) is 13.1 Å². The number of hydrogen-bond donors (Lipinski definition) is 0. The zero-order valence-electron chi connectivity index (χ0n) is 18.8. The molecule has 0 N–H and O–H groups in total. The second kappa shape index (κ2) is 8.79. The summed E-state index contributed by atoms with van der Waals surface area (Å²) in [5.74, 6) is 1.48. The second-order valence-electron chi connectivity index (χ2n) is 8.78. The predicted molar refractivity (Wildman–Crippen MR) is 127 cm³/mol. The van der Waals surface area contributed by atoms with Crippen molar-refractivity contribution in [1.82, 2.24) is 14.5 Å². The molecule has 0 spiro atoms. The van der Waals surface area contributed by atoms with Crippen LogP contribution in [0, 0.1) is 6.92 Å². The Kier molecular flexibility index (Phi) is 5.70. The van der Waals surface area contributed by atoms with Crippen molar-refractivity contribution in [2.45, 2.75) is 51.7 Å². The van der Waals surface area contributed by atoms with E-state index in [-0.39, 0.29) is 5.56 Å². The Morgan fingerprint density at radius 3 is 2.47 bits per heavy atom. The highest BCUT2D eigenvalue weighted by molar-refractivity contribution is 5.66. The maximum atomic E-state index is 13.8. The van der Waals surface area contributed by atoms with Crippen molar-refractivity contribution < 1.29 is 4.74 Å². The van der Waals surface area contributed by atoms with Crippen molar-refractivity contribution in [3.63, 3.8) is 0 Å². The molecule has 1 fully saturated rings. The summed E-state index contributed by atoms with van der Waals surface area (Å²) in [4.78, 5) is 23.3. The molecule has 2 heterocycles. The van der Waals surface area contributed by atoms with Gasteiger partial charge in [0.1, 0.15) is 5.75 Å². The summed E-state index contributed by atoms with van der Waals surface area (Å²) < 4.78 is 7.52. The van der Waals surface area contributed by atoms with Crippen molar-refractivity contribution in [2.24, 2.45) is 0 Å². The molecule has 0 radical (unpaired) electrons. The van der Waals surface area contributed by atoms with Crippen molar-refractivity contribution in [3.8, 4) is 5.75 Å². The zero-order chi connectivity index (χ0) is 22.1. The molecule has 166 valence electrons. The monoisotopic (exact) mass is 430 g/mol. The van der Waals surface area contributed by atoms with Gasteiger partial charge in [-0.25, -0.2) is 4.98 Å². The fraction of sp³-hybridized carbons (Fsp3) is 0.385. The van der Waals surface area contributed by atoms with E-state index < -0.39 is 0 Å². The van der Waals surface area contributed by atoms with Crippen LogP contribution in [0.25, 0.3) is 0 Å². The Morgan fingerprint density at radius 1 is 1.00 bits per heavy atom. The lowest BCUT2D eigenvalue weighted by Crippen LogP contribution is -2.51. The van der Waals surface area contributed by atoms with Gasteiger partial charge in [0.2, 0.25) is 5.95 Å². The van der Waals surface area contributed by atoms with Gasteiger partial charge in [-0.1, -0.05) is 55.3 Å². The van der Waals surface area contributed by atoms with Crippen LogP contribution in [-0.4, -0.2) is 34.3 Å². The highest BCUT2D eigenvalue weighted by Gasteiger charge is 2.33. The van der Waals surface area contributed by atoms with E-state index in [0.29, 0.717) is 31.7 Å². The highest BCUT2D eigenvalue weighted by Crippen LogP contribution is 2.36. The molecule has 2 aromatic carbocycles. The van der Waals surface area contributed by atoms with E-state index in [4.69, 9.17) is 9.72 Å². The summed E-state index contributed by atoms with van der Waals surface area (Å²) in [5, 5.41) is 0. The maximum absolute atomic E-state index is 13.8. The number of para-hydroxylation sites is 2. The number of ether oxygens (including phenoxy) is 1. The number of rotatable bonds is 5. The minimum absolute atomic E-state index is 0.0546. The number of anilines is 2. The fourth-order valence-corrected chi connectivity index (χ4v) is 5.03. The SMILES string of the molecule is COc1ccccc1N1CN(C2CCCC2)Cn2c1nc(C)c(Cc1ccccc1)c2=O. The first kappa shape index (κ1) is 20.8. The topological polar surface area (TPSA) is 50.6 Å². The summed E-state index contributed by atoms with van der Waals surface area (Å²) in [6, 6.07) is 18.6. The molecule has 2 aliphatic rings. The Balaban J connectivity index is 1.62. The summed E-state index contributed by atoms with van der Waals surface area (Å²) >= 11 is 0. The number of nitrogens with zero attached hydrogens (tertiary/aromatic N) is 4. The van der Waals surface area contributed by atoms with E-state index >= 15 is 0 Å². The lowest BCUT2D eigenvalue weighted by Gasteiger charge is -2.41. The first-order chi connectivity index (χ1) is 15.7. The molecule has 1 saturated carbocycles. The standard InChI is InChI=1S/C26H30N4O2/c1-19-22(16-20-10-4-3-5-11-20)25(31)30-18-28(21-12-6-7-13-21)17-29(26(30)27-19)23-14-8-9-15-24(23)32-2/h3-5,8-11,14-15,21H,6-7,12-13,16-18H2,1-2H3. The number of aromatic nitrogens is 2. The van der Waals surface area contributed by atoms with Gasteiger partial charge in [0, 0.05) is 18.0 Å². The van der Waals surface area contributed by atoms with Crippen molar-refractivity contribution in [2.75, 3.05) is 18.7 Å². The van der Waals surface area contributed by atoms with E-state index in [9.17, 15) is 4.79 Å². The second-order valence-corrected chi connectivity index (χ2v) is 8.78. The molecule has 0 atom stereocenters. The molecule has 32 heavy (non-hydrogen) atoms. The predicted octanol–water partition coefficient (Wildman–Crippen LogP) is 4.46. The van der Waals surface area contributed by atoms with Gasteiger partial charge in [-0.2, -0.15) is 0 Å². The number of aryl methyl sites for hydroxylation is 1. The summed E-state index contributed by atoms with van der Waals surface area (Å²) in [6.07, 6.45) is 5.46. The van der Waals surface area contributed by atoms with Crippen LogP contribution in [0.2, 0.25) is 0 Å². The first-order valence-electron chi connectivity index (χ1n) is 11.4. The van der Waals surface area contributed by atoms with Gasteiger partial charge >= 0.3 is 0 Å². The number of hydrogen-bond acceptors (Lipinski definition) is 5. The number of fused-ring (bicyclic) bond motifs is 1. The van der Waals surface area contributed by atoms with Gasteiger partial charge in [0.15, 0.2) is 0 Å². The molecule has 0 unspecified atom stereocenters. The van der Waals surface area contributed by atoms with Gasteiger partial charge in [-0.05, 0) is 37.5 Å². The van der Waals surface area contributed by atoms with Gasteiger partial charge < -0.3 is 4.74 Å². The Hall–Kier alpha value is -3.12. The molecule has 0 saturated heterocycles. The Labute approximate surface area is 189 Å². The van der Waals surface area contributed by atoms with Crippen molar-refractivity contribution >= 4 is 11.6 Å². The molecule has 6 nitrogen and oxygen atoms in total. The van der Waals surface area contributed by atoms with Crippen LogP contribution in [0.5, 0.6) is 5.75 Å². The molecular weight excluding hydrogens is 400 g/mol. The Bertz CT molecular complexity index is 1150. The van der Waals surface area contributed by atoms with Crippen LogP contribution in [0.4, 0.5) is 11.6 Å². The molecule has 3 aromatic rings. The third-order valence-corrected chi connectivity index (χ3v) is 6.78. The molecule has 0 bridgehead atoms. The van der Waals surface area contributed by atoms with Gasteiger partial charge in [-0.15, -0.1) is 0 Å². The smallest absolute Gasteiger partial charge is 0.259 e. The molecular formula is C26H30N4O2. The summed E-state index contributed by atoms with van der Waals surface area (Å²) in [7, 11) is 1.69. The summed E-state index contributed by atoms with van der Waals surface area (Å²) in [6.45, 7) is 3.23. The molecule has 1 aromatic heterocycles. The first-order valence-corrected chi connectivity index (χ1v) is 11.4. The van der Waals surface area contributed by atoms with Gasteiger partial charge in [0.25, 0.3) is 5.56 Å². The number of methoxy groups -OCH3 is 1. The highest BCUT2D eigenvalue weighted by atomic mass is 16.5. The molecule has 0 amide bonds. The Morgan fingerprint density at radius 2 is 1.72 bits per heavy atom. The van der Waals surface area contributed by atoms with Crippen LogP contribution in [0.15, 0.2) is 59.4 Å².